The van der Waals surface area contributed by atoms with Crippen molar-refractivity contribution in [2.24, 2.45) is 5.92 Å². The smallest absolute Gasteiger partial charge is 0.234 e. The predicted molar refractivity (Wildman–Crippen MR) is 73.5 cm³/mol. The molecule has 4 nitrogen and oxygen atoms in total. The number of nitrogens with zero attached hydrogens (tertiary/aromatic N) is 1. The minimum Gasteiger partial charge on any atom is -0.325 e. The normalized spacial score (nSPS) is 14.6. The molecule has 1 heterocycles. The van der Waals surface area contributed by atoms with Gasteiger partial charge in [-0.3, -0.25) is 4.79 Å². The maximum Gasteiger partial charge on any atom is 0.234 e. The summed E-state index contributed by atoms with van der Waals surface area (Å²) in [4.78, 5) is 11.6. The first kappa shape index (κ1) is 12.9. The summed E-state index contributed by atoms with van der Waals surface area (Å²) in [7, 11) is 0. The SMILES string of the molecule is N#Cc1ccc(NC(=O)CSCC2CNC2)cc1. The first-order valence-corrected chi connectivity index (χ1v) is 7.02. The van der Waals surface area contributed by atoms with E-state index < -0.39 is 0 Å². The summed E-state index contributed by atoms with van der Waals surface area (Å²) in [6.45, 7) is 2.15. The summed E-state index contributed by atoms with van der Waals surface area (Å²) in [5, 5.41) is 14.7. The number of thioether (sulfide) groups is 1. The van der Waals surface area contributed by atoms with E-state index >= 15 is 0 Å². The molecule has 0 unspecified atom stereocenters. The summed E-state index contributed by atoms with van der Waals surface area (Å²) >= 11 is 1.67. The average molecular weight is 261 g/mol. The number of rotatable bonds is 5. The van der Waals surface area contributed by atoms with Gasteiger partial charge >= 0.3 is 0 Å². The molecule has 1 aromatic rings. The number of nitrogens with one attached hydrogen (secondary N) is 2. The second kappa shape index (κ2) is 6.43. The number of hydrogen-bond donors (Lipinski definition) is 2. The topological polar surface area (TPSA) is 64.9 Å². The largest absolute Gasteiger partial charge is 0.325 e. The fourth-order valence-corrected chi connectivity index (χ4v) is 2.55. The lowest BCUT2D eigenvalue weighted by Crippen LogP contribution is -2.43. The van der Waals surface area contributed by atoms with Gasteiger partial charge in [-0.2, -0.15) is 17.0 Å². The summed E-state index contributed by atoms with van der Waals surface area (Å²) in [5.74, 6) is 2.25. The average Bonchev–Trinajstić information content (AvgIpc) is 2.33. The van der Waals surface area contributed by atoms with Gasteiger partial charge in [-0.1, -0.05) is 0 Å². The van der Waals surface area contributed by atoms with E-state index in [0.29, 0.717) is 11.3 Å². The number of hydrogen-bond acceptors (Lipinski definition) is 4. The van der Waals surface area contributed by atoms with Crippen molar-refractivity contribution in [2.45, 2.75) is 0 Å². The van der Waals surface area contributed by atoms with Crippen molar-refractivity contribution in [3.8, 4) is 6.07 Å². The van der Waals surface area contributed by atoms with Crippen LogP contribution >= 0.6 is 11.8 Å². The molecule has 94 valence electrons. The van der Waals surface area contributed by atoms with Crippen LogP contribution < -0.4 is 10.6 Å². The number of benzene rings is 1. The van der Waals surface area contributed by atoms with Crippen molar-refractivity contribution in [3.63, 3.8) is 0 Å². The van der Waals surface area contributed by atoms with Crippen molar-refractivity contribution in [1.29, 1.82) is 5.26 Å². The van der Waals surface area contributed by atoms with Crippen LogP contribution in [-0.4, -0.2) is 30.5 Å². The Balaban J connectivity index is 1.70. The number of carbonyl (C=O) groups excluding carboxylic acids is 1. The van der Waals surface area contributed by atoms with Gasteiger partial charge in [-0.25, -0.2) is 0 Å². The van der Waals surface area contributed by atoms with Crippen LogP contribution in [0.5, 0.6) is 0 Å². The fraction of sp³-hybridized carbons (Fsp3) is 0.385. The zero-order valence-electron chi connectivity index (χ0n) is 9.98. The third kappa shape index (κ3) is 3.76. The van der Waals surface area contributed by atoms with Crippen molar-refractivity contribution < 1.29 is 4.79 Å². The highest BCUT2D eigenvalue weighted by Gasteiger charge is 2.16. The van der Waals surface area contributed by atoms with Crippen LogP contribution in [-0.2, 0) is 4.79 Å². The Bertz CT molecular complexity index is 448. The fourth-order valence-electron chi connectivity index (χ4n) is 1.61. The minimum atomic E-state index is 0.0111. The molecule has 1 aliphatic rings. The lowest BCUT2D eigenvalue weighted by Gasteiger charge is -2.26. The highest BCUT2D eigenvalue weighted by Crippen LogP contribution is 2.13. The molecule has 0 aliphatic carbocycles. The Morgan fingerprint density at radius 1 is 1.44 bits per heavy atom. The van der Waals surface area contributed by atoms with Gasteiger partial charge in [0.15, 0.2) is 0 Å². The Labute approximate surface area is 111 Å². The van der Waals surface area contributed by atoms with Gasteiger partial charge in [-0.15, -0.1) is 0 Å². The third-order valence-electron chi connectivity index (χ3n) is 2.75. The van der Waals surface area contributed by atoms with Crippen LogP contribution in [0.3, 0.4) is 0 Å². The molecule has 2 rings (SSSR count). The second-order valence-corrected chi connectivity index (χ2v) is 5.31. The zero-order valence-corrected chi connectivity index (χ0v) is 10.8. The van der Waals surface area contributed by atoms with Crippen LogP contribution in [0, 0.1) is 17.2 Å². The second-order valence-electron chi connectivity index (χ2n) is 4.28. The van der Waals surface area contributed by atoms with E-state index in [1.807, 2.05) is 6.07 Å². The van der Waals surface area contributed by atoms with Crippen molar-refractivity contribution in [1.82, 2.24) is 5.32 Å². The molecule has 2 N–H and O–H groups in total. The van der Waals surface area contributed by atoms with E-state index in [4.69, 9.17) is 5.26 Å². The quantitative estimate of drug-likeness (QED) is 0.842. The van der Waals surface area contributed by atoms with Gasteiger partial charge in [0.25, 0.3) is 0 Å². The van der Waals surface area contributed by atoms with Gasteiger partial charge in [0, 0.05) is 5.69 Å². The molecular formula is C13H15N3OS. The Kier molecular flexibility index (Phi) is 4.62. The number of amides is 1. The van der Waals surface area contributed by atoms with Gasteiger partial charge in [0.1, 0.15) is 0 Å². The predicted octanol–water partition coefficient (Wildman–Crippen LogP) is 1.45. The number of anilines is 1. The highest BCUT2D eigenvalue weighted by molar-refractivity contribution is 7.99. The first-order chi connectivity index (χ1) is 8.78. The maximum atomic E-state index is 11.6. The van der Waals surface area contributed by atoms with Gasteiger partial charge < -0.3 is 10.6 Å². The molecular weight excluding hydrogens is 246 g/mol. The van der Waals surface area contributed by atoms with Crippen LogP contribution in [0.4, 0.5) is 5.69 Å². The molecule has 1 aromatic carbocycles. The van der Waals surface area contributed by atoms with E-state index in [2.05, 4.69) is 10.6 Å². The molecule has 18 heavy (non-hydrogen) atoms. The molecule has 0 atom stereocenters. The van der Waals surface area contributed by atoms with Gasteiger partial charge in [0.2, 0.25) is 5.91 Å². The number of nitriles is 1. The molecule has 1 saturated heterocycles. The van der Waals surface area contributed by atoms with Gasteiger partial charge in [0.05, 0.1) is 17.4 Å². The minimum absolute atomic E-state index is 0.0111. The Morgan fingerprint density at radius 2 is 2.17 bits per heavy atom. The van der Waals surface area contributed by atoms with E-state index in [0.717, 1.165) is 30.4 Å². The zero-order chi connectivity index (χ0) is 12.8. The molecule has 1 aliphatic heterocycles. The van der Waals surface area contributed by atoms with Gasteiger partial charge in [-0.05, 0) is 49.0 Å². The van der Waals surface area contributed by atoms with Crippen LogP contribution in [0.1, 0.15) is 5.56 Å². The first-order valence-electron chi connectivity index (χ1n) is 5.86. The van der Waals surface area contributed by atoms with Crippen LogP contribution in [0.15, 0.2) is 24.3 Å². The lowest BCUT2D eigenvalue weighted by atomic mass is 10.1. The Hall–Kier alpha value is -1.51. The lowest BCUT2D eigenvalue weighted by molar-refractivity contribution is -0.113. The molecule has 1 amide bonds. The highest BCUT2D eigenvalue weighted by atomic mass is 32.2. The summed E-state index contributed by atoms with van der Waals surface area (Å²) in [6, 6.07) is 8.93. The molecule has 0 aromatic heterocycles. The van der Waals surface area contributed by atoms with Crippen molar-refractivity contribution in [2.75, 3.05) is 29.9 Å². The molecule has 0 spiro atoms. The Morgan fingerprint density at radius 3 is 2.72 bits per heavy atom. The number of carbonyl (C=O) groups is 1. The van der Waals surface area contributed by atoms with E-state index in [1.54, 1.807) is 36.0 Å². The van der Waals surface area contributed by atoms with E-state index in [-0.39, 0.29) is 5.91 Å². The molecule has 0 bridgehead atoms. The molecule has 0 saturated carbocycles. The molecule has 0 radical (unpaired) electrons. The van der Waals surface area contributed by atoms with Crippen molar-refractivity contribution >= 4 is 23.4 Å². The third-order valence-corrected chi connectivity index (χ3v) is 3.92. The van der Waals surface area contributed by atoms with Crippen LogP contribution in [0.25, 0.3) is 0 Å². The van der Waals surface area contributed by atoms with E-state index in [1.165, 1.54) is 0 Å². The maximum absolute atomic E-state index is 11.6. The molecule has 1 fully saturated rings. The summed E-state index contributed by atoms with van der Waals surface area (Å²) < 4.78 is 0. The monoisotopic (exact) mass is 261 g/mol. The van der Waals surface area contributed by atoms with Crippen LogP contribution in [0.2, 0.25) is 0 Å². The molecule has 5 heteroatoms. The summed E-state index contributed by atoms with van der Waals surface area (Å²) in [6.07, 6.45) is 0. The standard InChI is InChI=1S/C13H15N3OS/c14-5-10-1-3-12(4-2-10)16-13(17)9-18-8-11-6-15-7-11/h1-4,11,15H,6-9H2,(H,16,17). The summed E-state index contributed by atoms with van der Waals surface area (Å²) in [5.41, 5.74) is 1.34. The van der Waals surface area contributed by atoms with Crippen molar-refractivity contribution in [3.05, 3.63) is 29.8 Å². The van der Waals surface area contributed by atoms with E-state index in [9.17, 15) is 4.79 Å².